The van der Waals surface area contributed by atoms with Crippen molar-refractivity contribution in [2.24, 2.45) is 5.92 Å². The van der Waals surface area contributed by atoms with Crippen LogP contribution in [-0.4, -0.2) is 35.9 Å². The Morgan fingerprint density at radius 3 is 2.70 bits per heavy atom. The van der Waals surface area contributed by atoms with E-state index in [1.165, 1.54) is 11.3 Å². The first kappa shape index (κ1) is 22.0. The molecule has 3 amide bonds. The van der Waals surface area contributed by atoms with Gasteiger partial charge in [0.2, 0.25) is 5.91 Å². The Kier molecular flexibility index (Phi) is 7.23. The summed E-state index contributed by atoms with van der Waals surface area (Å²) in [5, 5.41) is 17.0. The highest BCUT2D eigenvalue weighted by Crippen LogP contribution is 2.31. The molecule has 30 heavy (non-hydrogen) atoms. The van der Waals surface area contributed by atoms with Gasteiger partial charge in [-0.3, -0.25) is 14.4 Å². The third-order valence-corrected chi connectivity index (χ3v) is 5.98. The quantitative estimate of drug-likeness (QED) is 0.615. The summed E-state index contributed by atoms with van der Waals surface area (Å²) in [7, 11) is 0. The number of aryl methyl sites for hydroxylation is 1. The van der Waals surface area contributed by atoms with Crippen molar-refractivity contribution in [3.8, 4) is 0 Å². The SMILES string of the molecule is CC(C)C(=O)N1CCCc2ccc(NC(=O)C(=O)NCCC(O)c3cccs3)cc21. The highest BCUT2D eigenvalue weighted by Gasteiger charge is 2.25. The van der Waals surface area contributed by atoms with E-state index in [4.69, 9.17) is 0 Å². The predicted molar refractivity (Wildman–Crippen MR) is 117 cm³/mol. The van der Waals surface area contributed by atoms with Crippen LogP contribution < -0.4 is 15.5 Å². The first-order valence-corrected chi connectivity index (χ1v) is 11.0. The number of hydrogen-bond acceptors (Lipinski definition) is 5. The molecule has 1 aromatic heterocycles. The molecule has 8 heteroatoms. The number of carbonyl (C=O) groups excluding carboxylic acids is 3. The Morgan fingerprint density at radius 2 is 2.00 bits per heavy atom. The number of thiophene rings is 1. The van der Waals surface area contributed by atoms with Crippen molar-refractivity contribution in [1.82, 2.24) is 5.32 Å². The number of benzene rings is 1. The zero-order valence-electron chi connectivity index (χ0n) is 17.2. The van der Waals surface area contributed by atoms with Crippen LogP contribution in [0.3, 0.4) is 0 Å². The summed E-state index contributed by atoms with van der Waals surface area (Å²) in [5.74, 6) is -1.62. The van der Waals surface area contributed by atoms with Crippen molar-refractivity contribution in [2.75, 3.05) is 23.3 Å². The highest BCUT2D eigenvalue weighted by atomic mass is 32.1. The Labute approximate surface area is 180 Å². The molecule has 1 aliphatic heterocycles. The van der Waals surface area contributed by atoms with Gasteiger partial charge in [0.15, 0.2) is 0 Å². The van der Waals surface area contributed by atoms with Gasteiger partial charge < -0.3 is 20.6 Å². The summed E-state index contributed by atoms with van der Waals surface area (Å²) in [5.41, 5.74) is 2.31. The Morgan fingerprint density at radius 1 is 1.20 bits per heavy atom. The van der Waals surface area contributed by atoms with Gasteiger partial charge in [0.25, 0.3) is 0 Å². The fourth-order valence-electron chi connectivity index (χ4n) is 3.41. The lowest BCUT2D eigenvalue weighted by atomic mass is 9.99. The number of fused-ring (bicyclic) bond motifs is 1. The maximum atomic E-state index is 12.5. The molecule has 0 aliphatic carbocycles. The molecule has 1 unspecified atom stereocenters. The predicted octanol–water partition coefficient (Wildman–Crippen LogP) is 2.86. The van der Waals surface area contributed by atoms with Crippen LogP contribution in [0, 0.1) is 5.92 Å². The first-order valence-electron chi connectivity index (χ1n) is 10.1. The standard InChI is InChI=1S/C22H27N3O4S/c1-14(2)22(29)25-11-3-5-15-7-8-16(13-17(15)25)24-21(28)20(27)23-10-9-18(26)19-6-4-12-30-19/h4,6-8,12-14,18,26H,3,5,9-11H2,1-2H3,(H,23,27)(H,24,28). The van der Waals surface area contributed by atoms with Crippen LogP contribution in [0.4, 0.5) is 11.4 Å². The van der Waals surface area contributed by atoms with Crippen LogP contribution in [0.25, 0.3) is 0 Å². The number of carbonyl (C=O) groups is 3. The van der Waals surface area contributed by atoms with Crippen LogP contribution in [0.1, 0.15) is 43.2 Å². The van der Waals surface area contributed by atoms with Crippen molar-refractivity contribution in [3.05, 3.63) is 46.2 Å². The van der Waals surface area contributed by atoms with Crippen LogP contribution in [0.5, 0.6) is 0 Å². The van der Waals surface area contributed by atoms with Gasteiger partial charge in [-0.15, -0.1) is 11.3 Å². The fraction of sp³-hybridized carbons (Fsp3) is 0.409. The number of rotatable bonds is 6. The fourth-order valence-corrected chi connectivity index (χ4v) is 4.15. The molecule has 3 N–H and O–H groups in total. The average molecular weight is 430 g/mol. The average Bonchev–Trinajstić information content (AvgIpc) is 3.27. The minimum absolute atomic E-state index is 0.0430. The van der Waals surface area contributed by atoms with E-state index < -0.39 is 17.9 Å². The van der Waals surface area contributed by atoms with Gasteiger partial charge in [-0.25, -0.2) is 0 Å². The van der Waals surface area contributed by atoms with Gasteiger partial charge in [0, 0.05) is 35.3 Å². The van der Waals surface area contributed by atoms with E-state index >= 15 is 0 Å². The van der Waals surface area contributed by atoms with Crippen LogP contribution in [-0.2, 0) is 20.8 Å². The van der Waals surface area contributed by atoms with Crippen molar-refractivity contribution >= 4 is 40.4 Å². The van der Waals surface area contributed by atoms with E-state index in [0.717, 1.165) is 29.0 Å². The van der Waals surface area contributed by atoms with Gasteiger partial charge >= 0.3 is 11.8 Å². The highest BCUT2D eigenvalue weighted by molar-refractivity contribution is 7.10. The molecule has 0 spiro atoms. The normalized spacial score (nSPS) is 14.2. The molecule has 0 bridgehead atoms. The van der Waals surface area contributed by atoms with Gasteiger partial charge in [-0.1, -0.05) is 26.0 Å². The summed E-state index contributed by atoms with van der Waals surface area (Å²) >= 11 is 1.44. The second kappa shape index (κ2) is 9.86. The Bertz CT molecular complexity index is 911. The van der Waals surface area contributed by atoms with Gasteiger partial charge in [0.1, 0.15) is 0 Å². The smallest absolute Gasteiger partial charge is 0.313 e. The van der Waals surface area contributed by atoms with Gasteiger partial charge in [0.05, 0.1) is 6.10 Å². The van der Waals surface area contributed by atoms with E-state index in [1.54, 1.807) is 17.0 Å². The Balaban J connectivity index is 1.58. The lowest BCUT2D eigenvalue weighted by molar-refractivity contribution is -0.136. The number of anilines is 2. The molecular weight excluding hydrogens is 402 g/mol. The molecule has 7 nitrogen and oxygen atoms in total. The van der Waals surface area contributed by atoms with Gasteiger partial charge in [-0.2, -0.15) is 0 Å². The molecule has 2 aromatic rings. The zero-order chi connectivity index (χ0) is 21.7. The molecule has 0 saturated carbocycles. The minimum Gasteiger partial charge on any atom is -0.388 e. The number of nitrogens with zero attached hydrogens (tertiary/aromatic N) is 1. The molecule has 1 aliphatic rings. The van der Waals surface area contributed by atoms with Crippen LogP contribution >= 0.6 is 11.3 Å². The van der Waals surface area contributed by atoms with E-state index in [1.807, 2.05) is 37.4 Å². The van der Waals surface area contributed by atoms with E-state index in [2.05, 4.69) is 10.6 Å². The molecule has 3 rings (SSSR count). The van der Waals surface area contributed by atoms with E-state index in [9.17, 15) is 19.5 Å². The van der Waals surface area contributed by atoms with Crippen molar-refractivity contribution in [2.45, 2.75) is 39.2 Å². The lowest BCUT2D eigenvalue weighted by Gasteiger charge is -2.31. The second-order valence-corrected chi connectivity index (χ2v) is 8.60. The summed E-state index contributed by atoms with van der Waals surface area (Å²) in [6.07, 6.45) is 1.43. The molecule has 0 saturated heterocycles. The molecule has 0 radical (unpaired) electrons. The topological polar surface area (TPSA) is 98.7 Å². The number of aliphatic hydroxyl groups is 1. The maximum Gasteiger partial charge on any atom is 0.313 e. The maximum absolute atomic E-state index is 12.5. The van der Waals surface area contributed by atoms with Crippen molar-refractivity contribution < 1.29 is 19.5 Å². The molecule has 1 aromatic carbocycles. The van der Waals surface area contributed by atoms with E-state index in [0.29, 0.717) is 18.7 Å². The second-order valence-electron chi connectivity index (χ2n) is 7.62. The molecule has 160 valence electrons. The van der Waals surface area contributed by atoms with Crippen molar-refractivity contribution in [3.63, 3.8) is 0 Å². The molecular formula is C22H27N3O4S. The van der Waals surface area contributed by atoms with Crippen LogP contribution in [0.15, 0.2) is 35.7 Å². The summed E-state index contributed by atoms with van der Waals surface area (Å²) in [6.45, 7) is 4.56. The van der Waals surface area contributed by atoms with E-state index in [-0.39, 0.29) is 18.4 Å². The van der Waals surface area contributed by atoms with Crippen LogP contribution in [0.2, 0.25) is 0 Å². The molecule has 1 atom stereocenters. The number of nitrogens with one attached hydrogen (secondary N) is 2. The number of aliphatic hydroxyl groups excluding tert-OH is 1. The molecule has 0 fully saturated rings. The summed E-state index contributed by atoms with van der Waals surface area (Å²) in [6, 6.07) is 9.06. The minimum atomic E-state index is -0.780. The summed E-state index contributed by atoms with van der Waals surface area (Å²) < 4.78 is 0. The lowest BCUT2D eigenvalue weighted by Crippen LogP contribution is -2.38. The number of hydrogen-bond donors (Lipinski definition) is 3. The number of amides is 3. The third kappa shape index (κ3) is 5.25. The molecule has 2 heterocycles. The van der Waals surface area contributed by atoms with Crippen molar-refractivity contribution in [1.29, 1.82) is 0 Å². The zero-order valence-corrected chi connectivity index (χ0v) is 18.0. The van der Waals surface area contributed by atoms with Gasteiger partial charge in [-0.05, 0) is 48.4 Å². The Hall–Kier alpha value is -2.71. The third-order valence-electron chi connectivity index (χ3n) is 5.00. The largest absolute Gasteiger partial charge is 0.388 e. The first-order chi connectivity index (χ1) is 14.4. The monoisotopic (exact) mass is 429 g/mol. The summed E-state index contributed by atoms with van der Waals surface area (Å²) in [4.78, 5) is 39.4.